The third-order valence-electron chi connectivity index (χ3n) is 4.53. The summed E-state index contributed by atoms with van der Waals surface area (Å²) in [4.78, 5) is 25.4. The number of nitrogens with one attached hydrogen (secondary N) is 3. The minimum atomic E-state index is -0.463. The fourth-order valence-electron chi connectivity index (χ4n) is 3.06. The molecule has 2 atom stereocenters. The van der Waals surface area contributed by atoms with Crippen molar-refractivity contribution in [1.82, 2.24) is 10.6 Å². The van der Waals surface area contributed by atoms with Crippen LogP contribution in [-0.2, 0) is 0 Å². The van der Waals surface area contributed by atoms with Crippen molar-refractivity contribution in [2.45, 2.75) is 38.8 Å². The molecule has 1 fully saturated rings. The molecule has 1 aromatic heterocycles. The Labute approximate surface area is 156 Å². The van der Waals surface area contributed by atoms with E-state index >= 15 is 0 Å². The van der Waals surface area contributed by atoms with Gasteiger partial charge in [-0.2, -0.15) is 0 Å². The number of thiophene rings is 1. The molecule has 2 aromatic rings. The second kappa shape index (κ2) is 7.97. The molecule has 26 heavy (non-hydrogen) atoms. The van der Waals surface area contributed by atoms with Gasteiger partial charge in [0, 0.05) is 17.6 Å². The number of halogens is 1. The molecule has 7 heteroatoms. The first-order valence-corrected chi connectivity index (χ1v) is 9.47. The fraction of sp³-hybridized carbons (Fsp3) is 0.368. The molecule has 3 N–H and O–H groups in total. The molecule has 0 saturated carbocycles. The molecule has 1 aliphatic rings. The molecule has 2 amide bonds. The lowest BCUT2D eigenvalue weighted by Crippen LogP contribution is -2.51. The Hall–Kier alpha value is -2.25. The summed E-state index contributed by atoms with van der Waals surface area (Å²) in [7, 11) is 0. The highest BCUT2D eigenvalue weighted by atomic mass is 32.1. The average Bonchev–Trinajstić information content (AvgIpc) is 2.97. The highest BCUT2D eigenvalue weighted by molar-refractivity contribution is 7.18. The molecular formula is C19H22FN3O2S. The number of anilines is 1. The monoisotopic (exact) mass is 375 g/mol. The molecule has 1 aromatic carbocycles. The van der Waals surface area contributed by atoms with Crippen LogP contribution in [-0.4, -0.2) is 30.4 Å². The number of hydrogen-bond acceptors (Lipinski definition) is 4. The average molecular weight is 375 g/mol. The summed E-state index contributed by atoms with van der Waals surface area (Å²) in [6, 6.07) is 7.60. The lowest BCUT2D eigenvalue weighted by Gasteiger charge is -2.30. The van der Waals surface area contributed by atoms with E-state index in [2.05, 4.69) is 22.9 Å². The zero-order valence-electron chi connectivity index (χ0n) is 14.8. The van der Waals surface area contributed by atoms with Crippen molar-refractivity contribution in [2.75, 3.05) is 11.9 Å². The Kier molecular flexibility index (Phi) is 5.68. The maximum absolute atomic E-state index is 13.3. The number of benzene rings is 1. The third kappa shape index (κ3) is 4.28. The molecule has 1 saturated heterocycles. The van der Waals surface area contributed by atoms with Crippen LogP contribution >= 0.6 is 11.3 Å². The van der Waals surface area contributed by atoms with Gasteiger partial charge < -0.3 is 16.0 Å². The number of hydrogen-bond donors (Lipinski definition) is 3. The van der Waals surface area contributed by atoms with E-state index < -0.39 is 11.7 Å². The van der Waals surface area contributed by atoms with Crippen LogP contribution in [0.2, 0.25) is 0 Å². The van der Waals surface area contributed by atoms with Gasteiger partial charge in [-0.1, -0.05) is 6.07 Å². The summed E-state index contributed by atoms with van der Waals surface area (Å²) in [6.07, 6.45) is 1.99. The van der Waals surface area contributed by atoms with E-state index in [9.17, 15) is 14.0 Å². The van der Waals surface area contributed by atoms with Gasteiger partial charge in [0.15, 0.2) is 0 Å². The van der Waals surface area contributed by atoms with Crippen LogP contribution in [0.5, 0.6) is 0 Å². The Morgan fingerprint density at radius 2 is 2.08 bits per heavy atom. The Morgan fingerprint density at radius 3 is 2.81 bits per heavy atom. The third-order valence-corrected chi connectivity index (χ3v) is 5.68. The number of piperidine rings is 1. The van der Waals surface area contributed by atoms with Crippen molar-refractivity contribution in [3.05, 3.63) is 52.2 Å². The normalized spacial score (nSPS) is 19.8. The van der Waals surface area contributed by atoms with Crippen molar-refractivity contribution in [2.24, 2.45) is 0 Å². The lowest BCUT2D eigenvalue weighted by molar-refractivity contribution is 0.0922. The van der Waals surface area contributed by atoms with Crippen molar-refractivity contribution in [1.29, 1.82) is 0 Å². The van der Waals surface area contributed by atoms with Crippen molar-refractivity contribution in [3.63, 3.8) is 0 Å². The predicted octanol–water partition coefficient (Wildman–Crippen LogP) is 3.32. The van der Waals surface area contributed by atoms with Crippen LogP contribution in [0.1, 0.15) is 45.4 Å². The maximum atomic E-state index is 13.3. The van der Waals surface area contributed by atoms with Gasteiger partial charge in [-0.25, -0.2) is 4.39 Å². The van der Waals surface area contributed by atoms with E-state index in [-0.39, 0.29) is 23.6 Å². The summed E-state index contributed by atoms with van der Waals surface area (Å²) in [6.45, 7) is 4.88. The van der Waals surface area contributed by atoms with Crippen LogP contribution in [0.15, 0.2) is 30.3 Å². The molecule has 0 bridgehead atoms. The van der Waals surface area contributed by atoms with E-state index in [1.165, 1.54) is 29.5 Å². The maximum Gasteiger partial charge on any atom is 0.261 e. The summed E-state index contributed by atoms with van der Waals surface area (Å²) in [5.74, 6) is -0.989. The van der Waals surface area contributed by atoms with Gasteiger partial charge in [-0.3, -0.25) is 9.59 Å². The van der Waals surface area contributed by atoms with E-state index in [0.29, 0.717) is 9.88 Å². The Balaban J connectivity index is 1.68. The number of carbonyl (C=O) groups excluding carboxylic acids is 2. The molecule has 5 nitrogen and oxygen atoms in total. The minimum absolute atomic E-state index is 0.100. The molecule has 0 radical (unpaired) electrons. The predicted molar refractivity (Wildman–Crippen MR) is 101 cm³/mol. The zero-order chi connectivity index (χ0) is 18.7. The van der Waals surface area contributed by atoms with E-state index in [1.54, 1.807) is 12.1 Å². The van der Waals surface area contributed by atoms with Crippen molar-refractivity contribution >= 4 is 28.2 Å². The molecular weight excluding hydrogens is 353 g/mol. The summed E-state index contributed by atoms with van der Waals surface area (Å²) >= 11 is 1.23. The van der Waals surface area contributed by atoms with Crippen LogP contribution in [0, 0.1) is 12.7 Å². The topological polar surface area (TPSA) is 70.2 Å². The van der Waals surface area contributed by atoms with Crippen LogP contribution in [0.25, 0.3) is 0 Å². The SMILES string of the molecule is Cc1cc(NC(=O)c2cccc(F)c2)sc1C(=O)NC1CCCNC1C. The van der Waals surface area contributed by atoms with Gasteiger partial charge in [-0.05, 0) is 63.1 Å². The lowest BCUT2D eigenvalue weighted by atomic mass is 10.00. The first-order chi connectivity index (χ1) is 12.4. The molecule has 0 spiro atoms. The molecule has 2 heterocycles. The van der Waals surface area contributed by atoms with Gasteiger partial charge in [0.1, 0.15) is 5.82 Å². The zero-order valence-corrected chi connectivity index (χ0v) is 15.6. The summed E-state index contributed by atoms with van der Waals surface area (Å²) in [5, 5.41) is 9.74. The van der Waals surface area contributed by atoms with Crippen LogP contribution in [0.4, 0.5) is 9.39 Å². The largest absolute Gasteiger partial charge is 0.347 e. The number of amides is 2. The number of carbonyl (C=O) groups is 2. The van der Waals surface area contributed by atoms with Gasteiger partial charge in [-0.15, -0.1) is 11.3 Å². The van der Waals surface area contributed by atoms with Gasteiger partial charge in [0.05, 0.1) is 9.88 Å². The van der Waals surface area contributed by atoms with E-state index in [4.69, 9.17) is 0 Å². The van der Waals surface area contributed by atoms with Crippen molar-refractivity contribution < 1.29 is 14.0 Å². The second-order valence-electron chi connectivity index (χ2n) is 6.55. The van der Waals surface area contributed by atoms with Crippen molar-refractivity contribution in [3.8, 4) is 0 Å². The van der Waals surface area contributed by atoms with E-state index in [1.807, 2.05) is 6.92 Å². The highest BCUT2D eigenvalue weighted by Crippen LogP contribution is 2.27. The van der Waals surface area contributed by atoms with Crippen LogP contribution < -0.4 is 16.0 Å². The van der Waals surface area contributed by atoms with Gasteiger partial charge in [0.2, 0.25) is 0 Å². The molecule has 3 rings (SSSR count). The standard InChI is InChI=1S/C19H22FN3O2S/c1-11-9-16(23-18(24)13-5-3-6-14(20)10-13)26-17(11)19(25)22-15-7-4-8-21-12(15)2/h3,5-6,9-10,12,15,21H,4,7-8H2,1-2H3,(H,22,25)(H,23,24). The second-order valence-corrected chi connectivity index (χ2v) is 7.60. The smallest absolute Gasteiger partial charge is 0.261 e. The summed E-state index contributed by atoms with van der Waals surface area (Å²) < 4.78 is 13.3. The summed E-state index contributed by atoms with van der Waals surface area (Å²) in [5.41, 5.74) is 1.04. The Bertz CT molecular complexity index is 821. The van der Waals surface area contributed by atoms with Gasteiger partial charge in [0.25, 0.3) is 11.8 Å². The fourth-order valence-corrected chi connectivity index (χ4v) is 4.03. The first-order valence-electron chi connectivity index (χ1n) is 8.65. The van der Waals surface area contributed by atoms with Crippen LogP contribution in [0.3, 0.4) is 0 Å². The number of aryl methyl sites for hydroxylation is 1. The van der Waals surface area contributed by atoms with Gasteiger partial charge >= 0.3 is 0 Å². The molecule has 2 unspecified atom stereocenters. The number of rotatable bonds is 4. The molecule has 0 aliphatic carbocycles. The Morgan fingerprint density at radius 1 is 1.27 bits per heavy atom. The first kappa shape index (κ1) is 18.5. The molecule has 1 aliphatic heterocycles. The quantitative estimate of drug-likeness (QED) is 0.768. The van der Waals surface area contributed by atoms with E-state index in [0.717, 1.165) is 24.9 Å². The highest BCUT2D eigenvalue weighted by Gasteiger charge is 2.24. The molecule has 138 valence electrons. The minimum Gasteiger partial charge on any atom is -0.347 e.